The van der Waals surface area contributed by atoms with Crippen molar-refractivity contribution < 1.29 is 13.9 Å². The highest BCUT2D eigenvalue weighted by atomic mass is 19.1. The number of carbonyl (C=O) groups is 1. The van der Waals surface area contributed by atoms with Gasteiger partial charge in [0.05, 0.1) is 13.0 Å². The van der Waals surface area contributed by atoms with Crippen LogP contribution in [0, 0.1) is 5.82 Å². The van der Waals surface area contributed by atoms with Crippen molar-refractivity contribution in [2.45, 2.75) is 32.7 Å². The highest BCUT2D eigenvalue weighted by Crippen LogP contribution is 2.26. The fourth-order valence-corrected chi connectivity index (χ4v) is 1.72. The standard InChI is InChI=1S/C14H21FN2O2/c1-3-7-17-10(2)12-9-11(15)4-5-13(12)19-8-6-14(16)18/h4-5,9-10,17H,3,6-8H2,1-2H3,(H2,16,18). The zero-order valence-corrected chi connectivity index (χ0v) is 11.4. The molecule has 19 heavy (non-hydrogen) atoms. The smallest absolute Gasteiger partial charge is 0.220 e. The van der Waals surface area contributed by atoms with Crippen LogP contribution >= 0.6 is 0 Å². The number of hydrogen-bond acceptors (Lipinski definition) is 3. The van der Waals surface area contributed by atoms with Gasteiger partial charge in [0.2, 0.25) is 5.91 Å². The fraction of sp³-hybridized carbons (Fsp3) is 0.500. The molecular formula is C14H21FN2O2. The van der Waals surface area contributed by atoms with E-state index in [-0.39, 0.29) is 24.9 Å². The van der Waals surface area contributed by atoms with Gasteiger partial charge in [0, 0.05) is 11.6 Å². The maximum atomic E-state index is 13.3. The average Bonchev–Trinajstić information content (AvgIpc) is 2.37. The molecule has 106 valence electrons. The zero-order chi connectivity index (χ0) is 14.3. The van der Waals surface area contributed by atoms with Crippen LogP contribution in [0.4, 0.5) is 4.39 Å². The predicted molar refractivity (Wildman–Crippen MR) is 72.4 cm³/mol. The van der Waals surface area contributed by atoms with Gasteiger partial charge < -0.3 is 15.8 Å². The van der Waals surface area contributed by atoms with E-state index in [0.29, 0.717) is 5.75 Å². The molecule has 0 aliphatic carbocycles. The molecule has 1 unspecified atom stereocenters. The van der Waals surface area contributed by atoms with E-state index in [1.54, 1.807) is 6.07 Å². The maximum Gasteiger partial charge on any atom is 0.220 e. The van der Waals surface area contributed by atoms with E-state index in [2.05, 4.69) is 12.2 Å². The number of benzene rings is 1. The summed E-state index contributed by atoms with van der Waals surface area (Å²) < 4.78 is 18.8. The van der Waals surface area contributed by atoms with E-state index < -0.39 is 5.91 Å². The molecule has 0 heterocycles. The number of carbonyl (C=O) groups excluding carboxylic acids is 1. The molecule has 0 aliphatic heterocycles. The minimum atomic E-state index is -0.416. The molecule has 1 atom stereocenters. The number of hydrogen-bond donors (Lipinski definition) is 2. The van der Waals surface area contributed by atoms with Crippen LogP contribution in [0.25, 0.3) is 0 Å². The van der Waals surface area contributed by atoms with Crippen molar-refractivity contribution >= 4 is 5.91 Å². The SMILES string of the molecule is CCCNC(C)c1cc(F)ccc1OCCC(N)=O. The molecule has 1 aromatic carbocycles. The van der Waals surface area contributed by atoms with Crippen molar-refractivity contribution in [1.82, 2.24) is 5.32 Å². The Balaban J connectivity index is 2.75. The second-order valence-electron chi connectivity index (χ2n) is 4.42. The lowest BCUT2D eigenvalue weighted by Gasteiger charge is -2.18. The van der Waals surface area contributed by atoms with Crippen molar-refractivity contribution in [2.75, 3.05) is 13.2 Å². The van der Waals surface area contributed by atoms with E-state index in [1.807, 2.05) is 6.92 Å². The third-order valence-electron chi connectivity index (χ3n) is 2.74. The number of rotatable bonds is 8. The molecule has 0 aromatic heterocycles. The van der Waals surface area contributed by atoms with Gasteiger partial charge in [-0.05, 0) is 38.1 Å². The number of primary amides is 1. The lowest BCUT2D eigenvalue weighted by molar-refractivity contribution is -0.118. The van der Waals surface area contributed by atoms with Crippen LogP contribution in [0.2, 0.25) is 0 Å². The minimum Gasteiger partial charge on any atom is -0.493 e. The highest BCUT2D eigenvalue weighted by Gasteiger charge is 2.12. The lowest BCUT2D eigenvalue weighted by atomic mass is 10.1. The van der Waals surface area contributed by atoms with Crippen LogP contribution in [-0.4, -0.2) is 19.1 Å². The van der Waals surface area contributed by atoms with Gasteiger partial charge >= 0.3 is 0 Å². The monoisotopic (exact) mass is 268 g/mol. The predicted octanol–water partition coefficient (Wildman–Crippen LogP) is 2.14. The van der Waals surface area contributed by atoms with Crippen LogP contribution in [0.1, 0.15) is 38.3 Å². The van der Waals surface area contributed by atoms with Gasteiger partial charge in [-0.2, -0.15) is 0 Å². The van der Waals surface area contributed by atoms with E-state index >= 15 is 0 Å². The molecular weight excluding hydrogens is 247 g/mol. The molecule has 0 radical (unpaired) electrons. The highest BCUT2D eigenvalue weighted by molar-refractivity contribution is 5.73. The largest absolute Gasteiger partial charge is 0.493 e. The molecule has 3 N–H and O–H groups in total. The van der Waals surface area contributed by atoms with E-state index in [9.17, 15) is 9.18 Å². The number of ether oxygens (including phenoxy) is 1. The first-order chi connectivity index (χ1) is 9.04. The van der Waals surface area contributed by atoms with Crippen LogP contribution < -0.4 is 15.8 Å². The van der Waals surface area contributed by atoms with Crippen molar-refractivity contribution in [3.63, 3.8) is 0 Å². The lowest BCUT2D eigenvalue weighted by Crippen LogP contribution is -2.21. The Kier molecular flexibility index (Phi) is 6.29. The average molecular weight is 268 g/mol. The third-order valence-corrected chi connectivity index (χ3v) is 2.74. The molecule has 0 spiro atoms. The summed E-state index contributed by atoms with van der Waals surface area (Å²) in [6.07, 6.45) is 1.14. The van der Waals surface area contributed by atoms with Crippen LogP contribution in [0.5, 0.6) is 5.75 Å². The number of amides is 1. The van der Waals surface area contributed by atoms with Crippen molar-refractivity contribution in [2.24, 2.45) is 5.73 Å². The van der Waals surface area contributed by atoms with Gasteiger partial charge in [-0.3, -0.25) is 4.79 Å². The molecule has 5 heteroatoms. The third kappa shape index (κ3) is 5.26. The van der Waals surface area contributed by atoms with Crippen LogP contribution in [0.15, 0.2) is 18.2 Å². The Labute approximate surface area is 113 Å². The molecule has 0 fully saturated rings. The van der Waals surface area contributed by atoms with Crippen LogP contribution in [-0.2, 0) is 4.79 Å². The Morgan fingerprint density at radius 1 is 1.53 bits per heavy atom. The van der Waals surface area contributed by atoms with E-state index in [4.69, 9.17) is 10.5 Å². The summed E-state index contributed by atoms with van der Waals surface area (Å²) in [7, 11) is 0. The molecule has 1 amide bonds. The number of nitrogens with one attached hydrogen (secondary N) is 1. The number of halogens is 1. The minimum absolute atomic E-state index is 0.0146. The summed E-state index contributed by atoms with van der Waals surface area (Å²) in [6, 6.07) is 4.36. The Morgan fingerprint density at radius 3 is 2.89 bits per heavy atom. The fourth-order valence-electron chi connectivity index (χ4n) is 1.72. The Morgan fingerprint density at radius 2 is 2.26 bits per heavy atom. The molecule has 0 saturated carbocycles. The Bertz CT molecular complexity index is 424. The number of nitrogens with two attached hydrogens (primary N) is 1. The molecule has 0 aliphatic rings. The topological polar surface area (TPSA) is 64.3 Å². The quantitative estimate of drug-likeness (QED) is 0.759. The second-order valence-corrected chi connectivity index (χ2v) is 4.42. The molecule has 0 bridgehead atoms. The molecule has 1 rings (SSSR count). The van der Waals surface area contributed by atoms with Gasteiger partial charge in [-0.1, -0.05) is 6.92 Å². The zero-order valence-electron chi connectivity index (χ0n) is 11.4. The summed E-state index contributed by atoms with van der Waals surface area (Å²) in [5.41, 5.74) is 5.80. The molecule has 0 saturated heterocycles. The maximum absolute atomic E-state index is 13.3. The summed E-state index contributed by atoms with van der Waals surface area (Å²) >= 11 is 0. The second kappa shape index (κ2) is 7.74. The van der Waals surface area contributed by atoms with Crippen LogP contribution in [0.3, 0.4) is 0 Å². The summed E-state index contributed by atoms with van der Waals surface area (Å²) in [5.74, 6) is -0.137. The van der Waals surface area contributed by atoms with Crippen molar-refractivity contribution in [3.8, 4) is 5.75 Å². The van der Waals surface area contributed by atoms with Gasteiger partial charge in [-0.15, -0.1) is 0 Å². The first-order valence-corrected chi connectivity index (χ1v) is 6.48. The summed E-state index contributed by atoms with van der Waals surface area (Å²) in [5, 5.41) is 3.28. The van der Waals surface area contributed by atoms with Crippen molar-refractivity contribution in [3.05, 3.63) is 29.6 Å². The van der Waals surface area contributed by atoms with Gasteiger partial charge in [-0.25, -0.2) is 4.39 Å². The van der Waals surface area contributed by atoms with E-state index in [0.717, 1.165) is 18.5 Å². The molecule has 1 aromatic rings. The van der Waals surface area contributed by atoms with Gasteiger partial charge in [0.15, 0.2) is 0 Å². The molecule has 4 nitrogen and oxygen atoms in total. The normalized spacial score (nSPS) is 12.2. The first-order valence-electron chi connectivity index (χ1n) is 6.48. The summed E-state index contributed by atoms with van der Waals surface area (Å²) in [6.45, 7) is 5.06. The first kappa shape index (κ1) is 15.4. The van der Waals surface area contributed by atoms with Crippen molar-refractivity contribution in [1.29, 1.82) is 0 Å². The van der Waals surface area contributed by atoms with Gasteiger partial charge in [0.25, 0.3) is 0 Å². The Hall–Kier alpha value is -1.62. The van der Waals surface area contributed by atoms with Gasteiger partial charge in [0.1, 0.15) is 11.6 Å². The van der Waals surface area contributed by atoms with E-state index in [1.165, 1.54) is 12.1 Å². The summed E-state index contributed by atoms with van der Waals surface area (Å²) in [4.78, 5) is 10.7.